The molecule has 8 nitrogen and oxygen atoms in total. The highest BCUT2D eigenvalue weighted by Gasteiger charge is 2.16. The lowest BCUT2D eigenvalue weighted by atomic mass is 10.5. The summed E-state index contributed by atoms with van der Waals surface area (Å²) in [5.74, 6) is 0.0137. The molecule has 0 aliphatic rings. The number of carbonyl (C=O) groups excluding carboxylic acids is 1. The fraction of sp³-hybridized carbons (Fsp3) is 0.600. The van der Waals surface area contributed by atoms with Crippen LogP contribution in [0, 0.1) is 17.0 Å². The SMILES string of the molecule is CCNCCNC(=O)Cn1cc([N+](=O)[O-])nc1C.Cl. The maximum atomic E-state index is 11.5. The van der Waals surface area contributed by atoms with Crippen LogP contribution >= 0.6 is 12.4 Å². The summed E-state index contributed by atoms with van der Waals surface area (Å²) in [6.07, 6.45) is 1.26. The number of nitrogens with zero attached hydrogens (tertiary/aromatic N) is 3. The van der Waals surface area contributed by atoms with Gasteiger partial charge in [-0.1, -0.05) is 6.92 Å². The summed E-state index contributed by atoms with van der Waals surface area (Å²) in [4.78, 5) is 25.2. The molecular weight excluding hydrogens is 274 g/mol. The third-order valence-corrected chi connectivity index (χ3v) is 2.34. The molecule has 0 bridgehead atoms. The van der Waals surface area contributed by atoms with Crippen molar-refractivity contribution in [3.8, 4) is 0 Å². The first-order valence-corrected chi connectivity index (χ1v) is 5.70. The number of aromatic nitrogens is 2. The molecule has 0 saturated heterocycles. The first-order valence-electron chi connectivity index (χ1n) is 5.70. The number of amides is 1. The Labute approximate surface area is 117 Å². The topological polar surface area (TPSA) is 102 Å². The minimum Gasteiger partial charge on any atom is -0.358 e. The molecule has 0 aliphatic carbocycles. The number of halogens is 1. The lowest BCUT2D eigenvalue weighted by molar-refractivity contribution is -0.389. The third kappa shape index (κ3) is 5.66. The van der Waals surface area contributed by atoms with Crippen LogP contribution in [0.5, 0.6) is 0 Å². The van der Waals surface area contributed by atoms with Gasteiger partial charge in [-0.2, -0.15) is 0 Å². The van der Waals surface area contributed by atoms with Crippen molar-refractivity contribution in [2.45, 2.75) is 20.4 Å². The average molecular weight is 292 g/mol. The Bertz CT molecular complexity index is 435. The smallest absolute Gasteiger partial charge is 0.358 e. The van der Waals surface area contributed by atoms with E-state index in [4.69, 9.17) is 0 Å². The van der Waals surface area contributed by atoms with Crippen molar-refractivity contribution in [1.29, 1.82) is 0 Å². The van der Waals surface area contributed by atoms with Crippen LogP contribution in [0.4, 0.5) is 5.82 Å². The summed E-state index contributed by atoms with van der Waals surface area (Å²) in [5, 5.41) is 16.3. The zero-order valence-electron chi connectivity index (χ0n) is 10.9. The van der Waals surface area contributed by atoms with Gasteiger partial charge < -0.3 is 20.7 Å². The Hall–Kier alpha value is -1.67. The molecule has 0 fully saturated rings. The number of nitrogens with one attached hydrogen (secondary N) is 2. The molecule has 1 amide bonds. The van der Waals surface area contributed by atoms with Crippen LogP contribution in [0.15, 0.2) is 6.20 Å². The number of aryl methyl sites for hydroxylation is 1. The summed E-state index contributed by atoms with van der Waals surface area (Å²) in [6.45, 7) is 5.73. The summed E-state index contributed by atoms with van der Waals surface area (Å²) < 4.78 is 1.46. The van der Waals surface area contributed by atoms with Gasteiger partial charge in [0.1, 0.15) is 12.7 Å². The molecule has 1 heterocycles. The van der Waals surface area contributed by atoms with Crippen molar-refractivity contribution < 1.29 is 9.72 Å². The fourth-order valence-corrected chi connectivity index (χ4v) is 1.42. The molecule has 0 spiro atoms. The molecule has 0 unspecified atom stereocenters. The first kappa shape index (κ1) is 17.3. The molecule has 9 heteroatoms. The molecule has 1 aromatic heterocycles. The highest BCUT2D eigenvalue weighted by molar-refractivity contribution is 5.85. The molecule has 0 aromatic carbocycles. The van der Waals surface area contributed by atoms with Crippen molar-refractivity contribution in [1.82, 2.24) is 20.2 Å². The number of imidazole rings is 1. The van der Waals surface area contributed by atoms with E-state index in [2.05, 4.69) is 15.6 Å². The van der Waals surface area contributed by atoms with Crippen LogP contribution in [0.3, 0.4) is 0 Å². The minimum atomic E-state index is -0.577. The van der Waals surface area contributed by atoms with Gasteiger partial charge >= 0.3 is 5.82 Å². The molecule has 0 atom stereocenters. The van der Waals surface area contributed by atoms with Crippen LogP contribution in [0.1, 0.15) is 12.7 Å². The molecular formula is C10H18ClN5O3. The highest BCUT2D eigenvalue weighted by atomic mass is 35.5. The van der Waals surface area contributed by atoms with Crippen LogP contribution in [0.25, 0.3) is 0 Å². The van der Waals surface area contributed by atoms with E-state index in [1.807, 2.05) is 6.92 Å². The Balaban J connectivity index is 0.00000324. The maximum Gasteiger partial charge on any atom is 0.381 e. The van der Waals surface area contributed by atoms with E-state index in [1.54, 1.807) is 6.92 Å². The van der Waals surface area contributed by atoms with Crippen LogP contribution in [-0.4, -0.2) is 40.0 Å². The second-order valence-corrected chi connectivity index (χ2v) is 3.73. The van der Waals surface area contributed by atoms with E-state index < -0.39 is 4.92 Å². The Morgan fingerprint density at radius 2 is 2.21 bits per heavy atom. The monoisotopic (exact) mass is 291 g/mol. The van der Waals surface area contributed by atoms with Gasteiger partial charge in [0, 0.05) is 20.0 Å². The van der Waals surface area contributed by atoms with Crippen molar-refractivity contribution >= 4 is 24.1 Å². The second kappa shape index (κ2) is 8.44. The number of hydrogen-bond acceptors (Lipinski definition) is 5. The van der Waals surface area contributed by atoms with Gasteiger partial charge in [0.15, 0.2) is 0 Å². The molecule has 0 radical (unpaired) electrons. The second-order valence-electron chi connectivity index (χ2n) is 3.73. The molecule has 1 rings (SSSR count). The number of carbonyl (C=O) groups is 1. The predicted octanol–water partition coefficient (Wildman–Crippen LogP) is 0.247. The molecule has 0 saturated carbocycles. The van der Waals surface area contributed by atoms with Crippen molar-refractivity contribution in [2.75, 3.05) is 19.6 Å². The van der Waals surface area contributed by atoms with Crippen molar-refractivity contribution in [3.05, 3.63) is 22.1 Å². The van der Waals surface area contributed by atoms with Gasteiger partial charge in [-0.3, -0.25) is 9.36 Å². The first-order chi connectivity index (χ1) is 8.54. The Morgan fingerprint density at radius 1 is 1.53 bits per heavy atom. The van der Waals surface area contributed by atoms with Gasteiger partial charge in [0.2, 0.25) is 11.7 Å². The van der Waals surface area contributed by atoms with E-state index in [-0.39, 0.29) is 30.7 Å². The van der Waals surface area contributed by atoms with E-state index >= 15 is 0 Å². The van der Waals surface area contributed by atoms with Gasteiger partial charge in [0.05, 0.1) is 0 Å². The minimum absolute atomic E-state index is 0. The molecule has 108 valence electrons. The largest absolute Gasteiger partial charge is 0.381 e. The van der Waals surface area contributed by atoms with Crippen LogP contribution in [-0.2, 0) is 11.3 Å². The number of likely N-dealkylation sites (N-methyl/N-ethyl adjacent to an activating group) is 1. The third-order valence-electron chi connectivity index (χ3n) is 2.34. The lowest BCUT2D eigenvalue weighted by Crippen LogP contribution is -2.33. The zero-order valence-corrected chi connectivity index (χ0v) is 11.7. The Kier molecular flexibility index (Phi) is 7.69. The standard InChI is InChI=1S/C10H17N5O3.ClH/c1-3-11-4-5-12-10(16)7-14-6-9(15(17)18)13-8(14)2;/h6,11H,3-5,7H2,1-2H3,(H,12,16);1H. The average Bonchev–Trinajstić information content (AvgIpc) is 2.67. The summed E-state index contributed by atoms with van der Waals surface area (Å²) >= 11 is 0. The predicted molar refractivity (Wildman–Crippen MR) is 72.4 cm³/mol. The number of rotatable bonds is 7. The lowest BCUT2D eigenvalue weighted by Gasteiger charge is -2.05. The molecule has 19 heavy (non-hydrogen) atoms. The van der Waals surface area contributed by atoms with E-state index in [0.717, 1.165) is 6.54 Å². The van der Waals surface area contributed by atoms with Gasteiger partial charge in [-0.25, -0.2) is 0 Å². The van der Waals surface area contributed by atoms with Crippen molar-refractivity contribution in [2.24, 2.45) is 0 Å². The van der Waals surface area contributed by atoms with Gasteiger partial charge in [-0.05, 0) is 16.5 Å². The van der Waals surface area contributed by atoms with Gasteiger partial charge in [0.25, 0.3) is 0 Å². The number of nitro groups is 1. The zero-order chi connectivity index (χ0) is 13.5. The van der Waals surface area contributed by atoms with Crippen LogP contribution in [0.2, 0.25) is 0 Å². The number of hydrogen-bond donors (Lipinski definition) is 2. The normalized spacial score (nSPS) is 9.79. The maximum absolute atomic E-state index is 11.5. The van der Waals surface area contributed by atoms with E-state index in [1.165, 1.54) is 10.8 Å². The van der Waals surface area contributed by atoms with Gasteiger partial charge in [-0.15, -0.1) is 12.4 Å². The van der Waals surface area contributed by atoms with Crippen molar-refractivity contribution in [3.63, 3.8) is 0 Å². The quantitative estimate of drug-likeness (QED) is 0.426. The summed E-state index contributed by atoms with van der Waals surface area (Å²) in [7, 11) is 0. The van der Waals surface area contributed by atoms with E-state index in [0.29, 0.717) is 18.9 Å². The highest BCUT2D eigenvalue weighted by Crippen LogP contribution is 2.09. The van der Waals surface area contributed by atoms with E-state index in [9.17, 15) is 14.9 Å². The Morgan fingerprint density at radius 3 is 2.74 bits per heavy atom. The molecule has 2 N–H and O–H groups in total. The summed E-state index contributed by atoms with van der Waals surface area (Å²) in [6, 6.07) is 0. The molecule has 1 aromatic rings. The van der Waals surface area contributed by atoms with Crippen LogP contribution < -0.4 is 10.6 Å². The molecule has 0 aliphatic heterocycles. The fourth-order valence-electron chi connectivity index (χ4n) is 1.42. The summed E-state index contributed by atoms with van der Waals surface area (Å²) in [5.41, 5.74) is 0.